The lowest BCUT2D eigenvalue weighted by Crippen LogP contribution is -2.04. The molecule has 1 nitrogen and oxygen atoms in total. The van der Waals surface area contributed by atoms with Crippen LogP contribution in [-0.4, -0.2) is 5.78 Å². The quantitative estimate of drug-likeness (QED) is 0.725. The van der Waals surface area contributed by atoms with Crippen molar-refractivity contribution in [3.63, 3.8) is 0 Å². The summed E-state index contributed by atoms with van der Waals surface area (Å²) in [5, 5.41) is 0.479. The molecule has 0 aliphatic heterocycles. The fraction of sp³-hybridized carbons (Fsp3) is 0.0714. The maximum absolute atomic E-state index is 13.0. The first kappa shape index (κ1) is 13.2. The predicted octanol–water partition coefficient (Wildman–Crippen LogP) is 4.78. The zero-order valence-electron chi connectivity index (χ0n) is 9.51. The van der Waals surface area contributed by atoms with E-state index in [9.17, 15) is 9.18 Å². The second kappa shape index (κ2) is 5.21. The Labute approximate surface area is 118 Å². The van der Waals surface area contributed by atoms with Gasteiger partial charge in [-0.25, -0.2) is 4.39 Å². The van der Waals surface area contributed by atoms with E-state index < -0.39 is 0 Å². The molecule has 0 unspecified atom stereocenters. The lowest BCUT2D eigenvalue weighted by atomic mass is 9.99. The van der Waals surface area contributed by atoms with Gasteiger partial charge in [0.25, 0.3) is 0 Å². The monoisotopic (exact) mass is 326 g/mol. The third-order valence-electron chi connectivity index (χ3n) is 2.56. The summed E-state index contributed by atoms with van der Waals surface area (Å²) in [6.45, 7) is 1.70. The van der Waals surface area contributed by atoms with Gasteiger partial charge in [-0.05, 0) is 48.9 Å². The summed E-state index contributed by atoms with van der Waals surface area (Å²) in [7, 11) is 0. The Morgan fingerprint density at radius 3 is 2.56 bits per heavy atom. The third-order valence-corrected chi connectivity index (χ3v) is 3.23. The van der Waals surface area contributed by atoms with Crippen molar-refractivity contribution in [3.05, 3.63) is 68.4 Å². The summed E-state index contributed by atoms with van der Waals surface area (Å²) < 4.78 is 13.7. The second-order valence-corrected chi connectivity index (χ2v) is 5.30. The molecule has 2 aromatic carbocycles. The zero-order chi connectivity index (χ0) is 13.3. The average Bonchev–Trinajstić information content (AvgIpc) is 2.26. The second-order valence-electron chi connectivity index (χ2n) is 3.95. The number of hydrogen-bond acceptors (Lipinski definition) is 1. The van der Waals surface area contributed by atoms with E-state index in [1.165, 1.54) is 18.2 Å². The molecule has 0 saturated heterocycles. The van der Waals surface area contributed by atoms with Gasteiger partial charge in [0.15, 0.2) is 5.78 Å². The smallest absolute Gasteiger partial charge is 0.193 e. The largest absolute Gasteiger partial charge is 0.289 e. The maximum Gasteiger partial charge on any atom is 0.193 e. The summed E-state index contributed by atoms with van der Waals surface area (Å²) in [6.07, 6.45) is 0. The molecule has 0 N–H and O–H groups in total. The highest BCUT2D eigenvalue weighted by Crippen LogP contribution is 2.23. The lowest BCUT2D eigenvalue weighted by molar-refractivity contribution is 0.103. The van der Waals surface area contributed by atoms with Gasteiger partial charge in [0.1, 0.15) is 5.82 Å². The van der Waals surface area contributed by atoms with E-state index in [-0.39, 0.29) is 11.6 Å². The summed E-state index contributed by atoms with van der Waals surface area (Å²) in [5.41, 5.74) is 1.56. The highest BCUT2D eigenvalue weighted by atomic mass is 79.9. The molecular formula is C14H9BrClFO. The van der Waals surface area contributed by atoms with Crippen LogP contribution in [0.4, 0.5) is 4.39 Å². The molecule has 0 aliphatic carbocycles. The number of carbonyl (C=O) groups excluding carboxylic acids is 1. The molecule has 0 spiro atoms. The Hall–Kier alpha value is -1.19. The fourth-order valence-corrected chi connectivity index (χ4v) is 2.58. The van der Waals surface area contributed by atoms with E-state index in [0.29, 0.717) is 21.7 Å². The van der Waals surface area contributed by atoms with Crippen LogP contribution in [0, 0.1) is 12.7 Å². The van der Waals surface area contributed by atoms with E-state index in [2.05, 4.69) is 15.9 Å². The van der Waals surface area contributed by atoms with Gasteiger partial charge >= 0.3 is 0 Å². The van der Waals surface area contributed by atoms with Crippen molar-refractivity contribution in [1.82, 2.24) is 0 Å². The number of hydrogen-bond donors (Lipinski definition) is 0. The normalized spacial score (nSPS) is 10.4. The van der Waals surface area contributed by atoms with Crippen molar-refractivity contribution in [1.29, 1.82) is 0 Å². The minimum Gasteiger partial charge on any atom is -0.289 e. The number of ketones is 1. The van der Waals surface area contributed by atoms with E-state index in [1.54, 1.807) is 25.1 Å². The Balaban J connectivity index is 2.47. The molecule has 92 valence electrons. The molecular weight excluding hydrogens is 319 g/mol. The van der Waals surface area contributed by atoms with Crippen molar-refractivity contribution in [3.8, 4) is 0 Å². The van der Waals surface area contributed by atoms with Crippen LogP contribution in [0.15, 0.2) is 40.9 Å². The van der Waals surface area contributed by atoms with E-state index >= 15 is 0 Å². The Morgan fingerprint density at radius 2 is 1.94 bits per heavy atom. The van der Waals surface area contributed by atoms with Crippen molar-refractivity contribution in [2.24, 2.45) is 0 Å². The first-order chi connectivity index (χ1) is 8.47. The van der Waals surface area contributed by atoms with Gasteiger partial charge in [-0.15, -0.1) is 0 Å². The average molecular weight is 328 g/mol. The Kier molecular flexibility index (Phi) is 3.83. The molecule has 0 saturated carbocycles. The molecule has 4 heteroatoms. The summed E-state index contributed by atoms with van der Waals surface area (Å²) in [5.74, 6) is -0.521. The predicted molar refractivity (Wildman–Crippen MR) is 73.7 cm³/mol. The van der Waals surface area contributed by atoms with Gasteiger partial charge in [0.2, 0.25) is 0 Å². The van der Waals surface area contributed by atoms with Gasteiger partial charge in [-0.1, -0.05) is 27.5 Å². The van der Waals surface area contributed by atoms with Crippen LogP contribution in [0.2, 0.25) is 5.02 Å². The molecule has 0 amide bonds. The topological polar surface area (TPSA) is 17.1 Å². The number of halogens is 3. The SMILES string of the molecule is Cc1cc(F)ccc1C(=O)c1cc(Cl)cc(Br)c1. The standard InChI is InChI=1S/C14H9BrClFO/c1-8-4-12(17)2-3-13(8)14(18)9-5-10(15)7-11(16)6-9/h2-7H,1H3. The molecule has 0 radical (unpaired) electrons. The highest BCUT2D eigenvalue weighted by molar-refractivity contribution is 9.10. The van der Waals surface area contributed by atoms with Gasteiger partial charge < -0.3 is 0 Å². The van der Waals surface area contributed by atoms with Gasteiger partial charge in [-0.2, -0.15) is 0 Å². The number of rotatable bonds is 2. The van der Waals surface area contributed by atoms with E-state index in [1.807, 2.05) is 0 Å². The van der Waals surface area contributed by atoms with Crippen LogP contribution < -0.4 is 0 Å². The minimum absolute atomic E-state index is 0.171. The van der Waals surface area contributed by atoms with E-state index in [0.717, 1.165) is 4.47 Å². The zero-order valence-corrected chi connectivity index (χ0v) is 11.8. The molecule has 0 fully saturated rings. The Morgan fingerprint density at radius 1 is 1.22 bits per heavy atom. The summed E-state index contributed by atoms with van der Waals surface area (Å²) in [6, 6.07) is 9.10. The Bertz CT molecular complexity index is 605. The number of benzene rings is 2. The molecule has 0 atom stereocenters. The van der Waals surface area contributed by atoms with Crippen molar-refractivity contribution in [2.75, 3.05) is 0 Å². The minimum atomic E-state index is -0.351. The van der Waals surface area contributed by atoms with Crippen molar-refractivity contribution < 1.29 is 9.18 Å². The number of carbonyl (C=O) groups is 1. The van der Waals surface area contributed by atoms with Crippen LogP contribution in [0.25, 0.3) is 0 Å². The first-order valence-electron chi connectivity index (χ1n) is 5.24. The van der Waals surface area contributed by atoms with Gasteiger partial charge in [-0.3, -0.25) is 4.79 Å². The van der Waals surface area contributed by atoms with Crippen molar-refractivity contribution in [2.45, 2.75) is 6.92 Å². The highest BCUT2D eigenvalue weighted by Gasteiger charge is 2.13. The summed E-state index contributed by atoms with van der Waals surface area (Å²) in [4.78, 5) is 12.3. The number of aryl methyl sites for hydroxylation is 1. The van der Waals surface area contributed by atoms with Gasteiger partial charge in [0.05, 0.1) is 0 Å². The van der Waals surface area contributed by atoms with Crippen molar-refractivity contribution >= 4 is 33.3 Å². The van der Waals surface area contributed by atoms with Gasteiger partial charge in [0, 0.05) is 20.6 Å². The first-order valence-corrected chi connectivity index (χ1v) is 6.41. The maximum atomic E-state index is 13.0. The van der Waals surface area contributed by atoms with E-state index in [4.69, 9.17) is 11.6 Å². The molecule has 0 aliphatic rings. The molecule has 2 rings (SSSR count). The van der Waals surface area contributed by atoms with Crippen LogP contribution in [0.1, 0.15) is 21.5 Å². The summed E-state index contributed by atoms with van der Waals surface area (Å²) >= 11 is 9.19. The molecule has 2 aromatic rings. The van der Waals surface area contributed by atoms with Crippen LogP contribution in [0.5, 0.6) is 0 Å². The van der Waals surface area contributed by atoms with Crippen LogP contribution in [-0.2, 0) is 0 Å². The molecule has 0 heterocycles. The van der Waals surface area contributed by atoms with Crippen LogP contribution in [0.3, 0.4) is 0 Å². The molecule has 0 aromatic heterocycles. The lowest BCUT2D eigenvalue weighted by Gasteiger charge is -2.06. The molecule has 18 heavy (non-hydrogen) atoms. The third kappa shape index (κ3) is 2.79. The molecule has 0 bridgehead atoms. The van der Waals surface area contributed by atoms with Crippen LogP contribution >= 0.6 is 27.5 Å². The fourth-order valence-electron chi connectivity index (χ4n) is 1.72.